The van der Waals surface area contributed by atoms with Crippen LogP contribution in [-0.2, 0) is 16.6 Å². The van der Waals surface area contributed by atoms with Gasteiger partial charge in [0.15, 0.2) is 0 Å². The number of benzene rings is 1. The molecule has 1 atom stereocenters. The molecule has 1 amide bonds. The molecule has 3 heterocycles. The lowest BCUT2D eigenvalue weighted by molar-refractivity contribution is 0.0632. The van der Waals surface area contributed by atoms with Crippen LogP contribution in [0.3, 0.4) is 0 Å². The highest BCUT2D eigenvalue weighted by Gasteiger charge is 2.36. The van der Waals surface area contributed by atoms with Gasteiger partial charge in [-0.3, -0.25) is 4.79 Å². The van der Waals surface area contributed by atoms with E-state index in [1.807, 2.05) is 67.1 Å². The van der Waals surface area contributed by atoms with Crippen molar-refractivity contribution in [1.82, 2.24) is 13.8 Å². The van der Waals surface area contributed by atoms with Crippen molar-refractivity contribution in [1.29, 1.82) is 0 Å². The predicted octanol–water partition coefficient (Wildman–Crippen LogP) is 4.12. The number of hydrogen-bond acceptors (Lipinski definition) is 4. The smallest absolute Gasteiger partial charge is 0.270 e. The Morgan fingerprint density at radius 3 is 2.61 bits per heavy atom. The maximum atomic E-state index is 13.4. The summed E-state index contributed by atoms with van der Waals surface area (Å²) in [6.45, 7) is 7.42. The monoisotopic (exact) mass is 457 g/mol. The minimum atomic E-state index is -3.59. The van der Waals surface area contributed by atoms with Gasteiger partial charge in [-0.25, -0.2) is 8.42 Å². The molecule has 1 aromatic carbocycles. The summed E-state index contributed by atoms with van der Waals surface area (Å²) in [7, 11) is -3.59. The van der Waals surface area contributed by atoms with Crippen LogP contribution in [-0.4, -0.2) is 53.8 Å². The highest BCUT2D eigenvalue weighted by molar-refractivity contribution is 7.89. The van der Waals surface area contributed by atoms with E-state index in [2.05, 4.69) is 0 Å². The highest BCUT2D eigenvalue weighted by Crippen LogP contribution is 2.28. The van der Waals surface area contributed by atoms with E-state index in [9.17, 15) is 13.2 Å². The molecule has 8 heteroatoms. The molecular formula is C23H27N3O3S2. The van der Waals surface area contributed by atoms with Gasteiger partial charge in [0.25, 0.3) is 5.91 Å². The van der Waals surface area contributed by atoms with Crippen LogP contribution in [0.15, 0.2) is 58.8 Å². The van der Waals surface area contributed by atoms with Crippen molar-refractivity contribution in [3.05, 3.63) is 65.2 Å². The second kappa shape index (κ2) is 8.61. The SMILES string of the molecule is C/C=C\Cn1c(C(=O)N2CCN(S(=O)(=O)c3ccc(C)cc3)C(C)C2)cc2ccsc21. The first-order valence-electron chi connectivity index (χ1n) is 10.4. The lowest BCUT2D eigenvalue weighted by atomic mass is 10.2. The standard InChI is InChI=1S/C23H27N3O3S2/c1-4-5-11-25-21(15-19-10-14-30-23(19)25)22(27)24-12-13-26(18(3)16-24)31(28,29)20-8-6-17(2)7-9-20/h4-10,14-15,18H,11-13,16H2,1-3H3/b5-4-. The van der Waals surface area contributed by atoms with Gasteiger partial charge in [0.2, 0.25) is 10.0 Å². The number of hydrogen-bond donors (Lipinski definition) is 0. The number of piperazine rings is 1. The number of sulfonamides is 1. The molecule has 1 fully saturated rings. The number of aromatic nitrogens is 1. The second-order valence-corrected chi connectivity index (χ2v) is 10.7. The van der Waals surface area contributed by atoms with Crippen LogP contribution < -0.4 is 0 Å². The maximum Gasteiger partial charge on any atom is 0.270 e. The molecule has 1 aliphatic rings. The van der Waals surface area contributed by atoms with E-state index in [1.54, 1.807) is 28.4 Å². The minimum absolute atomic E-state index is 0.0489. The van der Waals surface area contributed by atoms with E-state index >= 15 is 0 Å². The fraction of sp³-hybridized carbons (Fsp3) is 0.348. The Hall–Kier alpha value is -2.42. The Labute approximate surface area is 187 Å². The van der Waals surface area contributed by atoms with Gasteiger partial charge in [-0.1, -0.05) is 29.8 Å². The van der Waals surface area contributed by atoms with Crippen LogP contribution in [0.2, 0.25) is 0 Å². The number of carbonyl (C=O) groups excluding carboxylic acids is 1. The van der Waals surface area contributed by atoms with Crippen molar-refractivity contribution in [3.8, 4) is 0 Å². The summed E-state index contributed by atoms with van der Waals surface area (Å²) < 4.78 is 29.8. The lowest BCUT2D eigenvalue weighted by Gasteiger charge is -2.39. The predicted molar refractivity (Wildman–Crippen MR) is 125 cm³/mol. The molecule has 164 valence electrons. The summed E-state index contributed by atoms with van der Waals surface area (Å²) in [4.78, 5) is 16.5. The van der Waals surface area contributed by atoms with E-state index in [-0.39, 0.29) is 18.5 Å². The molecule has 1 saturated heterocycles. The molecule has 0 N–H and O–H groups in total. The zero-order valence-corrected chi connectivity index (χ0v) is 19.6. The molecule has 4 rings (SSSR count). The molecule has 1 unspecified atom stereocenters. The first-order chi connectivity index (χ1) is 14.8. The Bertz CT molecular complexity index is 1220. The number of aryl methyl sites for hydroxylation is 1. The van der Waals surface area contributed by atoms with Gasteiger partial charge in [0.1, 0.15) is 10.5 Å². The summed E-state index contributed by atoms with van der Waals surface area (Å²) in [6, 6.07) is 10.6. The van der Waals surface area contributed by atoms with Crippen molar-refractivity contribution in [3.63, 3.8) is 0 Å². The Morgan fingerprint density at radius 2 is 1.94 bits per heavy atom. The zero-order valence-electron chi connectivity index (χ0n) is 18.0. The number of amides is 1. The average molecular weight is 458 g/mol. The van der Waals surface area contributed by atoms with Crippen LogP contribution in [0.1, 0.15) is 29.9 Å². The third-order valence-corrected chi connectivity index (χ3v) is 8.71. The van der Waals surface area contributed by atoms with Crippen LogP contribution in [0, 0.1) is 6.92 Å². The van der Waals surface area contributed by atoms with E-state index < -0.39 is 10.0 Å². The van der Waals surface area contributed by atoms with Crippen molar-refractivity contribution in [2.24, 2.45) is 0 Å². The fourth-order valence-electron chi connectivity index (χ4n) is 4.03. The first-order valence-corrected chi connectivity index (χ1v) is 12.7. The normalized spacial score (nSPS) is 18.3. The Kier molecular flexibility index (Phi) is 6.05. The van der Waals surface area contributed by atoms with Gasteiger partial charge in [-0.2, -0.15) is 4.31 Å². The molecule has 0 saturated carbocycles. The average Bonchev–Trinajstić information content (AvgIpc) is 3.33. The molecule has 0 bridgehead atoms. The van der Waals surface area contributed by atoms with Gasteiger partial charge in [0.05, 0.1) is 4.90 Å². The van der Waals surface area contributed by atoms with Crippen LogP contribution in [0.5, 0.6) is 0 Å². The van der Waals surface area contributed by atoms with Gasteiger partial charge in [-0.15, -0.1) is 11.3 Å². The molecule has 3 aromatic rings. The van der Waals surface area contributed by atoms with E-state index in [0.717, 1.165) is 15.8 Å². The van der Waals surface area contributed by atoms with Gasteiger partial charge >= 0.3 is 0 Å². The topological polar surface area (TPSA) is 62.6 Å². The Morgan fingerprint density at radius 1 is 1.19 bits per heavy atom. The van der Waals surface area contributed by atoms with Crippen LogP contribution >= 0.6 is 11.3 Å². The molecular weight excluding hydrogens is 430 g/mol. The number of thiophene rings is 1. The molecule has 6 nitrogen and oxygen atoms in total. The number of carbonyl (C=O) groups is 1. The Balaban J connectivity index is 1.55. The maximum absolute atomic E-state index is 13.4. The van der Waals surface area contributed by atoms with Gasteiger partial charge < -0.3 is 9.47 Å². The van der Waals surface area contributed by atoms with Gasteiger partial charge in [0, 0.05) is 37.6 Å². The highest BCUT2D eigenvalue weighted by atomic mass is 32.2. The van der Waals surface area contributed by atoms with Crippen molar-refractivity contribution in [2.45, 2.75) is 38.3 Å². The molecule has 0 spiro atoms. The van der Waals surface area contributed by atoms with E-state index in [1.165, 1.54) is 4.31 Å². The van der Waals surface area contributed by atoms with Crippen LogP contribution in [0.25, 0.3) is 10.2 Å². The molecule has 31 heavy (non-hydrogen) atoms. The molecule has 1 aliphatic heterocycles. The number of rotatable bonds is 5. The van der Waals surface area contributed by atoms with Crippen molar-refractivity contribution >= 4 is 37.5 Å². The number of fused-ring (bicyclic) bond motifs is 1. The summed E-state index contributed by atoms with van der Waals surface area (Å²) >= 11 is 1.62. The summed E-state index contributed by atoms with van der Waals surface area (Å²) in [6.07, 6.45) is 4.01. The van der Waals surface area contributed by atoms with Crippen LogP contribution in [0.4, 0.5) is 0 Å². The van der Waals surface area contributed by atoms with Crippen molar-refractivity contribution < 1.29 is 13.2 Å². The summed E-state index contributed by atoms with van der Waals surface area (Å²) in [5, 5.41) is 3.09. The molecule has 2 aromatic heterocycles. The third-order valence-electron chi connectivity index (χ3n) is 5.73. The summed E-state index contributed by atoms with van der Waals surface area (Å²) in [5.41, 5.74) is 1.67. The summed E-state index contributed by atoms with van der Waals surface area (Å²) in [5.74, 6) is -0.0489. The second-order valence-electron chi connectivity index (χ2n) is 7.92. The first kappa shape index (κ1) is 21.8. The van der Waals surface area contributed by atoms with E-state index in [0.29, 0.717) is 30.2 Å². The largest absolute Gasteiger partial charge is 0.334 e. The zero-order chi connectivity index (χ0) is 22.2. The minimum Gasteiger partial charge on any atom is -0.334 e. The third kappa shape index (κ3) is 4.07. The molecule has 0 radical (unpaired) electrons. The molecule has 0 aliphatic carbocycles. The van der Waals surface area contributed by atoms with E-state index in [4.69, 9.17) is 0 Å². The lowest BCUT2D eigenvalue weighted by Crippen LogP contribution is -2.55. The van der Waals surface area contributed by atoms with Crippen molar-refractivity contribution in [2.75, 3.05) is 19.6 Å². The fourth-order valence-corrected chi connectivity index (χ4v) is 6.55. The number of nitrogens with zero attached hydrogens (tertiary/aromatic N) is 3. The quantitative estimate of drug-likeness (QED) is 0.542. The number of allylic oxidation sites excluding steroid dienone is 2. The van der Waals surface area contributed by atoms with Gasteiger partial charge in [-0.05, 0) is 50.4 Å².